The average molecular weight is 115 g/mol. The number of alkyl halides is 1. The number of allylic oxidation sites excluding steroid dienone is 1. The molecule has 1 nitrogen and oxygen atoms in total. The van der Waals surface area contributed by atoms with Gasteiger partial charge in [-0.05, 0) is 25.5 Å². The van der Waals surface area contributed by atoms with Crippen molar-refractivity contribution in [1.29, 1.82) is 0 Å². The van der Waals surface area contributed by atoms with Gasteiger partial charge in [0, 0.05) is 0 Å². The molecular weight excluding hydrogens is 105 g/mol. The van der Waals surface area contributed by atoms with E-state index in [0.29, 0.717) is 6.42 Å². The van der Waals surface area contributed by atoms with Gasteiger partial charge in [0.25, 0.3) is 0 Å². The molecule has 1 N–H and O–H groups in total. The fourth-order valence-corrected chi connectivity index (χ4v) is 0.754. The second-order valence-corrected chi connectivity index (χ2v) is 1.97. The molecule has 1 rings (SSSR count). The van der Waals surface area contributed by atoms with Gasteiger partial charge in [-0.2, -0.15) is 0 Å². The number of halogens is 1. The van der Waals surface area contributed by atoms with Gasteiger partial charge >= 0.3 is 0 Å². The Labute approximate surface area is 48.6 Å². The third-order valence-corrected chi connectivity index (χ3v) is 1.22. The lowest BCUT2D eigenvalue weighted by Crippen LogP contribution is -2.16. The van der Waals surface area contributed by atoms with Crippen LogP contribution in [0.5, 0.6) is 0 Å². The molecule has 1 atom stereocenters. The van der Waals surface area contributed by atoms with Gasteiger partial charge in [-0.15, -0.1) is 0 Å². The summed E-state index contributed by atoms with van der Waals surface area (Å²) in [5, 5.41) is 2.60. The third kappa shape index (κ3) is 1.52. The van der Waals surface area contributed by atoms with E-state index in [9.17, 15) is 4.39 Å². The Morgan fingerprint density at radius 3 is 3.38 bits per heavy atom. The van der Waals surface area contributed by atoms with E-state index in [2.05, 4.69) is 5.32 Å². The maximum absolute atomic E-state index is 12.3. The Hall–Kier alpha value is -0.530. The minimum Gasteiger partial charge on any atom is -0.362 e. The SMILES string of the molecule is FC1CCCC=CN1. The fraction of sp³-hybridized carbons (Fsp3) is 0.667. The second-order valence-electron chi connectivity index (χ2n) is 1.97. The molecule has 0 radical (unpaired) electrons. The molecule has 1 heterocycles. The second kappa shape index (κ2) is 2.70. The third-order valence-electron chi connectivity index (χ3n) is 1.22. The van der Waals surface area contributed by atoms with Crippen molar-refractivity contribution in [3.8, 4) is 0 Å². The van der Waals surface area contributed by atoms with E-state index in [1.54, 1.807) is 6.20 Å². The van der Waals surface area contributed by atoms with Crippen LogP contribution in [0.1, 0.15) is 19.3 Å². The summed E-state index contributed by atoms with van der Waals surface area (Å²) in [6.07, 6.45) is 5.45. The van der Waals surface area contributed by atoms with E-state index in [0.717, 1.165) is 12.8 Å². The Bertz CT molecular complexity index is 90.5. The number of hydrogen-bond acceptors (Lipinski definition) is 1. The average Bonchev–Trinajstić information content (AvgIpc) is 1.94. The highest BCUT2D eigenvalue weighted by molar-refractivity contribution is 4.83. The first-order valence-electron chi connectivity index (χ1n) is 2.95. The van der Waals surface area contributed by atoms with Crippen molar-refractivity contribution in [2.45, 2.75) is 25.6 Å². The van der Waals surface area contributed by atoms with Crippen LogP contribution in [0.25, 0.3) is 0 Å². The fourth-order valence-electron chi connectivity index (χ4n) is 0.754. The van der Waals surface area contributed by atoms with Gasteiger partial charge in [-0.1, -0.05) is 6.08 Å². The van der Waals surface area contributed by atoms with Crippen LogP contribution in [0.15, 0.2) is 12.3 Å². The lowest BCUT2D eigenvalue weighted by atomic mass is 10.2. The Morgan fingerprint density at radius 2 is 2.50 bits per heavy atom. The molecule has 0 aromatic carbocycles. The summed E-state index contributed by atoms with van der Waals surface area (Å²) in [5.74, 6) is 0. The minimum absolute atomic E-state index is 0.646. The van der Waals surface area contributed by atoms with Crippen molar-refractivity contribution >= 4 is 0 Å². The first-order chi connectivity index (χ1) is 3.89. The molecule has 0 bridgehead atoms. The molecule has 0 aromatic rings. The number of hydrogen-bond donors (Lipinski definition) is 1. The Morgan fingerprint density at radius 1 is 1.62 bits per heavy atom. The summed E-state index contributed by atoms with van der Waals surface area (Å²) in [6.45, 7) is 0. The van der Waals surface area contributed by atoms with E-state index in [1.807, 2.05) is 6.08 Å². The van der Waals surface area contributed by atoms with Crippen molar-refractivity contribution < 1.29 is 4.39 Å². The molecule has 0 aromatic heterocycles. The van der Waals surface area contributed by atoms with Crippen LogP contribution in [0.4, 0.5) is 4.39 Å². The Kier molecular flexibility index (Phi) is 1.89. The van der Waals surface area contributed by atoms with Gasteiger partial charge in [-0.3, -0.25) is 0 Å². The molecule has 2 heteroatoms. The molecule has 0 saturated heterocycles. The van der Waals surface area contributed by atoms with Crippen LogP contribution in [0.3, 0.4) is 0 Å². The van der Waals surface area contributed by atoms with E-state index < -0.39 is 6.30 Å². The highest BCUT2D eigenvalue weighted by atomic mass is 19.1. The van der Waals surface area contributed by atoms with Crippen molar-refractivity contribution in [3.63, 3.8) is 0 Å². The lowest BCUT2D eigenvalue weighted by Gasteiger charge is -2.01. The van der Waals surface area contributed by atoms with Crippen LogP contribution in [0, 0.1) is 0 Å². The van der Waals surface area contributed by atoms with Gasteiger partial charge in [-0.25, -0.2) is 4.39 Å². The summed E-state index contributed by atoms with van der Waals surface area (Å²) < 4.78 is 12.3. The maximum atomic E-state index is 12.3. The van der Waals surface area contributed by atoms with Gasteiger partial charge in [0.05, 0.1) is 0 Å². The molecule has 1 unspecified atom stereocenters. The first-order valence-corrected chi connectivity index (χ1v) is 2.95. The summed E-state index contributed by atoms with van der Waals surface area (Å²) >= 11 is 0. The zero-order chi connectivity index (χ0) is 5.82. The van der Waals surface area contributed by atoms with Crippen LogP contribution in [-0.2, 0) is 0 Å². The number of nitrogens with one attached hydrogen (secondary N) is 1. The minimum atomic E-state index is -0.811. The zero-order valence-electron chi connectivity index (χ0n) is 4.73. The van der Waals surface area contributed by atoms with Crippen molar-refractivity contribution in [2.75, 3.05) is 0 Å². The molecule has 0 amide bonds. The smallest absolute Gasteiger partial charge is 0.169 e. The standard InChI is InChI=1S/C6H10FN/c7-6-4-2-1-3-5-8-6/h3,5-6,8H,1-2,4H2. The van der Waals surface area contributed by atoms with Crippen molar-refractivity contribution in [1.82, 2.24) is 5.32 Å². The largest absolute Gasteiger partial charge is 0.362 e. The van der Waals surface area contributed by atoms with Gasteiger partial charge in [0.15, 0.2) is 6.30 Å². The van der Waals surface area contributed by atoms with Crippen molar-refractivity contribution in [3.05, 3.63) is 12.3 Å². The van der Waals surface area contributed by atoms with E-state index in [1.165, 1.54) is 0 Å². The maximum Gasteiger partial charge on any atom is 0.169 e. The summed E-state index contributed by atoms with van der Waals surface area (Å²) in [7, 11) is 0. The van der Waals surface area contributed by atoms with Gasteiger partial charge in [0.1, 0.15) is 0 Å². The molecule has 0 fully saturated rings. The lowest BCUT2D eigenvalue weighted by molar-refractivity contribution is 0.284. The monoisotopic (exact) mass is 115 g/mol. The van der Waals surface area contributed by atoms with Crippen LogP contribution in [-0.4, -0.2) is 6.30 Å². The summed E-state index contributed by atoms with van der Waals surface area (Å²) in [5.41, 5.74) is 0. The quantitative estimate of drug-likeness (QED) is 0.472. The highest BCUT2D eigenvalue weighted by Gasteiger charge is 2.02. The number of rotatable bonds is 0. The topological polar surface area (TPSA) is 12.0 Å². The van der Waals surface area contributed by atoms with Crippen LogP contribution >= 0.6 is 0 Å². The van der Waals surface area contributed by atoms with E-state index >= 15 is 0 Å². The van der Waals surface area contributed by atoms with Crippen molar-refractivity contribution in [2.24, 2.45) is 0 Å². The molecule has 1 aliphatic rings. The predicted molar refractivity (Wildman–Crippen MR) is 31.0 cm³/mol. The predicted octanol–water partition coefficient (Wildman–Crippen LogP) is 1.57. The molecular formula is C6H10FN. The Balaban J connectivity index is 2.30. The normalized spacial score (nSPS) is 28.9. The highest BCUT2D eigenvalue weighted by Crippen LogP contribution is 2.05. The summed E-state index contributed by atoms with van der Waals surface area (Å²) in [4.78, 5) is 0. The van der Waals surface area contributed by atoms with Crippen LogP contribution in [0.2, 0.25) is 0 Å². The van der Waals surface area contributed by atoms with Crippen LogP contribution < -0.4 is 5.32 Å². The molecule has 0 saturated carbocycles. The van der Waals surface area contributed by atoms with Gasteiger partial charge in [0.2, 0.25) is 0 Å². The molecule has 8 heavy (non-hydrogen) atoms. The molecule has 1 aliphatic heterocycles. The zero-order valence-corrected chi connectivity index (χ0v) is 4.73. The first kappa shape index (κ1) is 5.60. The van der Waals surface area contributed by atoms with E-state index in [-0.39, 0.29) is 0 Å². The summed E-state index contributed by atoms with van der Waals surface area (Å²) in [6, 6.07) is 0. The van der Waals surface area contributed by atoms with Gasteiger partial charge < -0.3 is 5.32 Å². The van der Waals surface area contributed by atoms with E-state index in [4.69, 9.17) is 0 Å². The molecule has 46 valence electrons. The molecule has 0 aliphatic carbocycles. The molecule has 0 spiro atoms.